The van der Waals surface area contributed by atoms with Crippen molar-refractivity contribution in [2.45, 2.75) is 6.10 Å². The van der Waals surface area contributed by atoms with Gasteiger partial charge in [-0.25, -0.2) is 4.79 Å². The number of alkyl halides is 1. The van der Waals surface area contributed by atoms with Gasteiger partial charge in [0.2, 0.25) is 0 Å². The highest BCUT2D eigenvalue weighted by atomic mass is 35.5. The lowest BCUT2D eigenvalue weighted by Gasteiger charge is -2.18. The van der Waals surface area contributed by atoms with Crippen molar-refractivity contribution in [3.05, 3.63) is 53.1 Å². The second kappa shape index (κ2) is 8.06. The van der Waals surface area contributed by atoms with E-state index in [0.29, 0.717) is 22.1 Å². The van der Waals surface area contributed by atoms with E-state index in [4.69, 9.17) is 23.2 Å². The molecule has 2 aromatic rings. The molecule has 0 aliphatic rings. The molecule has 0 amide bonds. The van der Waals surface area contributed by atoms with Crippen LogP contribution in [0.5, 0.6) is 0 Å². The molecule has 1 atom stereocenters. The van der Waals surface area contributed by atoms with Crippen LogP contribution in [0.25, 0.3) is 0 Å². The van der Waals surface area contributed by atoms with Crippen LogP contribution in [0.1, 0.15) is 10.4 Å². The number of para-hydroxylation sites is 2. The van der Waals surface area contributed by atoms with E-state index in [1.807, 2.05) is 0 Å². The quantitative estimate of drug-likeness (QED) is 0.568. The van der Waals surface area contributed by atoms with E-state index in [9.17, 15) is 15.0 Å². The number of halogens is 2. The molecule has 0 heterocycles. The van der Waals surface area contributed by atoms with E-state index in [-0.39, 0.29) is 18.0 Å². The normalized spacial score (nSPS) is 11.8. The molecule has 0 aliphatic heterocycles. The third kappa shape index (κ3) is 4.51. The standard InChI is InChI=1S/C16H16Cl2N2O3/c17-8-10(21)9-19-14-7-3-4-11(16(22)23)15(14)20-13-6-2-1-5-12(13)18/h1-7,10,19-21H,8-9H2,(H,22,23). The Morgan fingerprint density at radius 3 is 2.48 bits per heavy atom. The zero-order valence-corrected chi connectivity index (χ0v) is 13.6. The van der Waals surface area contributed by atoms with E-state index >= 15 is 0 Å². The monoisotopic (exact) mass is 354 g/mol. The lowest BCUT2D eigenvalue weighted by atomic mass is 10.1. The minimum atomic E-state index is -1.07. The minimum Gasteiger partial charge on any atom is -0.478 e. The number of aliphatic hydroxyl groups excluding tert-OH is 1. The molecular weight excluding hydrogens is 339 g/mol. The Morgan fingerprint density at radius 1 is 1.13 bits per heavy atom. The van der Waals surface area contributed by atoms with Gasteiger partial charge < -0.3 is 20.8 Å². The Labute approximate surface area is 143 Å². The molecular formula is C16H16Cl2N2O3. The molecule has 2 aromatic carbocycles. The number of carboxylic acid groups (broad SMARTS) is 1. The number of aromatic carboxylic acids is 1. The van der Waals surface area contributed by atoms with Gasteiger partial charge in [0.1, 0.15) is 0 Å². The smallest absolute Gasteiger partial charge is 0.337 e. The molecule has 0 saturated carbocycles. The van der Waals surface area contributed by atoms with Crippen molar-refractivity contribution >= 4 is 46.2 Å². The summed E-state index contributed by atoms with van der Waals surface area (Å²) >= 11 is 11.7. The van der Waals surface area contributed by atoms with Crippen molar-refractivity contribution in [1.82, 2.24) is 0 Å². The highest BCUT2D eigenvalue weighted by Crippen LogP contribution is 2.32. The van der Waals surface area contributed by atoms with Gasteiger partial charge in [0.25, 0.3) is 0 Å². The Hall–Kier alpha value is -1.95. The third-order valence-corrected chi connectivity index (χ3v) is 3.82. The number of benzene rings is 2. The van der Waals surface area contributed by atoms with Gasteiger partial charge in [-0.3, -0.25) is 0 Å². The molecule has 0 radical (unpaired) electrons. The summed E-state index contributed by atoms with van der Waals surface area (Å²) in [7, 11) is 0. The highest BCUT2D eigenvalue weighted by Gasteiger charge is 2.16. The van der Waals surface area contributed by atoms with Gasteiger partial charge in [-0.1, -0.05) is 29.8 Å². The fourth-order valence-corrected chi connectivity index (χ4v) is 2.28. The molecule has 5 nitrogen and oxygen atoms in total. The molecule has 0 spiro atoms. The highest BCUT2D eigenvalue weighted by molar-refractivity contribution is 6.33. The first-order valence-corrected chi connectivity index (χ1v) is 7.80. The number of aliphatic hydroxyl groups is 1. The topological polar surface area (TPSA) is 81.6 Å². The van der Waals surface area contributed by atoms with E-state index in [2.05, 4.69) is 10.6 Å². The lowest BCUT2D eigenvalue weighted by molar-refractivity contribution is 0.0698. The maximum Gasteiger partial charge on any atom is 0.337 e. The first-order valence-electron chi connectivity index (χ1n) is 6.88. The van der Waals surface area contributed by atoms with E-state index in [1.54, 1.807) is 36.4 Å². The van der Waals surface area contributed by atoms with Crippen molar-refractivity contribution < 1.29 is 15.0 Å². The molecule has 0 aliphatic carbocycles. The van der Waals surface area contributed by atoms with Crippen LogP contribution in [0.3, 0.4) is 0 Å². The van der Waals surface area contributed by atoms with Crippen LogP contribution in [0, 0.1) is 0 Å². The molecule has 0 saturated heterocycles. The van der Waals surface area contributed by atoms with Gasteiger partial charge in [0.05, 0.1) is 39.6 Å². The molecule has 122 valence electrons. The third-order valence-electron chi connectivity index (χ3n) is 3.13. The zero-order valence-electron chi connectivity index (χ0n) is 12.1. The summed E-state index contributed by atoms with van der Waals surface area (Å²) in [6.45, 7) is 0.198. The van der Waals surface area contributed by atoms with Crippen molar-refractivity contribution in [1.29, 1.82) is 0 Å². The number of anilines is 3. The maximum absolute atomic E-state index is 11.5. The number of carbonyl (C=O) groups is 1. The fraction of sp³-hybridized carbons (Fsp3) is 0.188. The summed E-state index contributed by atoms with van der Waals surface area (Å²) in [5, 5.41) is 25.5. The van der Waals surface area contributed by atoms with Crippen LogP contribution < -0.4 is 10.6 Å². The Morgan fingerprint density at radius 2 is 1.83 bits per heavy atom. The number of hydrogen-bond donors (Lipinski definition) is 4. The van der Waals surface area contributed by atoms with Gasteiger partial charge in [-0.05, 0) is 24.3 Å². The van der Waals surface area contributed by atoms with Crippen molar-refractivity contribution in [3.63, 3.8) is 0 Å². The first kappa shape index (κ1) is 17.4. The van der Waals surface area contributed by atoms with Crippen LogP contribution in [-0.2, 0) is 0 Å². The van der Waals surface area contributed by atoms with E-state index < -0.39 is 12.1 Å². The number of rotatable bonds is 7. The van der Waals surface area contributed by atoms with Gasteiger partial charge in [-0.2, -0.15) is 0 Å². The largest absolute Gasteiger partial charge is 0.478 e. The lowest BCUT2D eigenvalue weighted by Crippen LogP contribution is -2.21. The molecule has 7 heteroatoms. The van der Waals surface area contributed by atoms with Crippen LogP contribution in [-0.4, -0.2) is 34.7 Å². The maximum atomic E-state index is 11.5. The molecule has 1 unspecified atom stereocenters. The molecule has 0 bridgehead atoms. The van der Waals surface area contributed by atoms with Gasteiger partial charge in [0.15, 0.2) is 0 Å². The van der Waals surface area contributed by atoms with Gasteiger partial charge in [-0.15, -0.1) is 11.6 Å². The molecule has 4 N–H and O–H groups in total. The van der Waals surface area contributed by atoms with Crippen LogP contribution in [0.15, 0.2) is 42.5 Å². The molecule has 0 aromatic heterocycles. The summed E-state index contributed by atoms with van der Waals surface area (Å²) < 4.78 is 0. The fourth-order valence-electron chi connectivity index (χ4n) is 1.99. The number of nitrogens with one attached hydrogen (secondary N) is 2. The average Bonchev–Trinajstić information content (AvgIpc) is 2.55. The van der Waals surface area contributed by atoms with Crippen LogP contribution in [0.2, 0.25) is 5.02 Å². The van der Waals surface area contributed by atoms with Crippen molar-refractivity contribution in [2.24, 2.45) is 0 Å². The van der Waals surface area contributed by atoms with E-state index in [1.165, 1.54) is 6.07 Å². The molecule has 2 rings (SSSR count). The first-order chi connectivity index (χ1) is 11.0. The SMILES string of the molecule is O=C(O)c1cccc(NCC(O)CCl)c1Nc1ccccc1Cl. The summed E-state index contributed by atoms with van der Waals surface area (Å²) in [4.78, 5) is 11.5. The Kier molecular flexibility index (Phi) is 6.10. The second-order valence-corrected chi connectivity index (χ2v) is 5.54. The van der Waals surface area contributed by atoms with Crippen molar-refractivity contribution in [2.75, 3.05) is 23.1 Å². The summed E-state index contributed by atoms with van der Waals surface area (Å²) in [6, 6.07) is 11.9. The summed E-state index contributed by atoms with van der Waals surface area (Å²) in [5.41, 5.74) is 1.59. The van der Waals surface area contributed by atoms with E-state index in [0.717, 1.165) is 0 Å². The molecule has 23 heavy (non-hydrogen) atoms. The average molecular weight is 355 g/mol. The van der Waals surface area contributed by atoms with Crippen LogP contribution in [0.4, 0.5) is 17.1 Å². The number of carboxylic acids is 1. The van der Waals surface area contributed by atoms with Gasteiger partial charge >= 0.3 is 5.97 Å². The molecule has 0 fully saturated rings. The number of hydrogen-bond acceptors (Lipinski definition) is 4. The van der Waals surface area contributed by atoms with Crippen molar-refractivity contribution in [3.8, 4) is 0 Å². The predicted molar refractivity (Wildman–Crippen MR) is 93.4 cm³/mol. The van der Waals surface area contributed by atoms with Gasteiger partial charge in [0, 0.05) is 6.54 Å². The Balaban J connectivity index is 2.37. The minimum absolute atomic E-state index is 0.0822. The van der Waals surface area contributed by atoms with Crippen LogP contribution >= 0.6 is 23.2 Å². The predicted octanol–water partition coefficient (Wildman–Crippen LogP) is 3.79. The zero-order chi connectivity index (χ0) is 16.8. The Bertz CT molecular complexity index is 695. The summed E-state index contributed by atoms with van der Waals surface area (Å²) in [5.74, 6) is -0.986. The summed E-state index contributed by atoms with van der Waals surface area (Å²) in [6.07, 6.45) is -0.738. The second-order valence-electron chi connectivity index (χ2n) is 4.83.